The number of unbranched alkanes of at least 4 members (excludes halogenated alkanes) is 5. The normalized spacial score (nSPS) is 19.2. The van der Waals surface area contributed by atoms with E-state index in [0.717, 1.165) is 36.4 Å². The molecule has 0 unspecified atom stereocenters. The average molecular weight is 403 g/mol. The largest absolute Gasteiger partial charge is 0.449 e. The molecular weight excluding hydrogens is 377 g/mol. The molecule has 1 saturated heterocycles. The Morgan fingerprint density at radius 3 is 2.89 bits per heavy atom. The summed E-state index contributed by atoms with van der Waals surface area (Å²) in [5.74, 6) is -0.958. The van der Waals surface area contributed by atoms with Gasteiger partial charge in [-0.1, -0.05) is 39.0 Å². The van der Waals surface area contributed by atoms with E-state index >= 15 is 0 Å². The summed E-state index contributed by atoms with van der Waals surface area (Å²) in [4.78, 5) is 27.4. The number of rotatable bonds is 10. The van der Waals surface area contributed by atoms with Crippen molar-refractivity contribution >= 4 is 23.7 Å². The van der Waals surface area contributed by atoms with Gasteiger partial charge in [0.1, 0.15) is 11.7 Å². The summed E-state index contributed by atoms with van der Waals surface area (Å²) in [6.07, 6.45) is 5.69. The van der Waals surface area contributed by atoms with Crippen LogP contribution in [0.1, 0.15) is 51.7 Å². The zero-order valence-electron chi connectivity index (χ0n) is 15.4. The van der Waals surface area contributed by atoms with Gasteiger partial charge in [-0.25, -0.2) is 14.0 Å². The highest BCUT2D eigenvalue weighted by Crippen LogP contribution is 2.30. The van der Waals surface area contributed by atoms with E-state index in [-0.39, 0.29) is 13.2 Å². The van der Waals surface area contributed by atoms with Crippen LogP contribution in [0.15, 0.2) is 11.0 Å². The highest BCUT2D eigenvalue weighted by molar-refractivity contribution is 8.00. The number of ether oxygens (including phenoxy) is 2. The Bertz CT molecular complexity index is 672. The maximum absolute atomic E-state index is 14.2. The molecule has 0 saturated carbocycles. The lowest BCUT2D eigenvalue weighted by Crippen LogP contribution is -2.30. The maximum Gasteiger partial charge on any atom is 0.412 e. The van der Waals surface area contributed by atoms with E-state index in [2.05, 4.69) is 17.2 Å². The third-order valence-electron chi connectivity index (χ3n) is 4.05. The number of aliphatic hydroxyl groups excluding tert-OH is 1. The highest BCUT2D eigenvalue weighted by atomic mass is 32.2. The van der Waals surface area contributed by atoms with Gasteiger partial charge in [0, 0.05) is 5.75 Å². The summed E-state index contributed by atoms with van der Waals surface area (Å²) < 4.78 is 25.6. The van der Waals surface area contributed by atoms with Gasteiger partial charge in [-0.15, -0.1) is 11.8 Å². The molecule has 0 bridgehead atoms. The van der Waals surface area contributed by atoms with Crippen LogP contribution in [-0.2, 0) is 9.47 Å². The molecule has 2 atom stereocenters. The molecule has 8 nitrogen and oxygen atoms in total. The summed E-state index contributed by atoms with van der Waals surface area (Å²) in [5, 5.41) is 11.2. The summed E-state index contributed by atoms with van der Waals surface area (Å²) in [7, 11) is 0. The number of thioether (sulfide) groups is 1. The first-order valence-electron chi connectivity index (χ1n) is 9.15. The smallest absolute Gasteiger partial charge is 0.412 e. The zero-order chi connectivity index (χ0) is 19.6. The first-order valence-corrected chi connectivity index (χ1v) is 10.2. The Hall–Kier alpha value is -1.65. The van der Waals surface area contributed by atoms with Crippen molar-refractivity contribution in [2.75, 3.05) is 24.3 Å². The van der Waals surface area contributed by atoms with Crippen LogP contribution in [-0.4, -0.2) is 45.2 Å². The van der Waals surface area contributed by atoms with E-state index in [0.29, 0.717) is 5.75 Å². The summed E-state index contributed by atoms with van der Waals surface area (Å²) in [5.41, 5.74) is -1.22. The van der Waals surface area contributed by atoms with Crippen molar-refractivity contribution in [1.29, 1.82) is 0 Å². The molecule has 152 valence electrons. The lowest BCUT2D eigenvalue weighted by molar-refractivity contribution is -0.00677. The number of amides is 1. The van der Waals surface area contributed by atoms with Crippen LogP contribution >= 0.6 is 11.8 Å². The van der Waals surface area contributed by atoms with E-state index in [4.69, 9.17) is 14.6 Å². The molecular formula is C17H26FN3O5S. The van der Waals surface area contributed by atoms with Crippen molar-refractivity contribution in [1.82, 2.24) is 9.55 Å². The molecule has 2 heterocycles. The van der Waals surface area contributed by atoms with Crippen molar-refractivity contribution in [2.24, 2.45) is 0 Å². The fourth-order valence-corrected chi connectivity index (χ4v) is 3.53. The van der Waals surface area contributed by atoms with Gasteiger partial charge in [0.05, 0.1) is 19.4 Å². The summed E-state index contributed by atoms with van der Waals surface area (Å²) >= 11 is 1.32. The lowest BCUT2D eigenvalue weighted by atomic mass is 10.1. The van der Waals surface area contributed by atoms with Crippen LogP contribution in [0, 0.1) is 5.82 Å². The van der Waals surface area contributed by atoms with E-state index in [9.17, 15) is 14.0 Å². The fraction of sp³-hybridized carbons (Fsp3) is 0.706. The number of nitrogens with one attached hydrogen (secondary N) is 1. The van der Waals surface area contributed by atoms with Crippen molar-refractivity contribution in [3.63, 3.8) is 0 Å². The first kappa shape index (κ1) is 21.6. The Labute approximate surface area is 161 Å². The fourth-order valence-electron chi connectivity index (χ4n) is 2.60. The maximum atomic E-state index is 14.2. The quantitative estimate of drug-likeness (QED) is 0.579. The van der Waals surface area contributed by atoms with E-state index in [1.54, 1.807) is 0 Å². The topological polar surface area (TPSA) is 103 Å². The van der Waals surface area contributed by atoms with Gasteiger partial charge in [-0.2, -0.15) is 4.98 Å². The van der Waals surface area contributed by atoms with Crippen molar-refractivity contribution in [2.45, 2.75) is 57.1 Å². The Morgan fingerprint density at radius 2 is 2.19 bits per heavy atom. The predicted octanol–water partition coefficient (Wildman–Crippen LogP) is 2.87. The van der Waals surface area contributed by atoms with E-state index in [1.807, 2.05) is 0 Å². The lowest BCUT2D eigenvalue weighted by Gasteiger charge is -2.14. The molecule has 2 rings (SSSR count). The number of nitrogens with zero attached hydrogens (tertiary/aromatic N) is 2. The molecule has 1 aromatic heterocycles. The first-order chi connectivity index (χ1) is 13.0. The van der Waals surface area contributed by atoms with E-state index in [1.165, 1.54) is 24.6 Å². The van der Waals surface area contributed by atoms with Crippen LogP contribution in [0.4, 0.5) is 15.0 Å². The Balaban J connectivity index is 1.82. The second kappa shape index (κ2) is 11.3. The number of carbonyl (C=O) groups is 1. The SMILES string of the molecule is CCCCCCCCOC(=O)Nc1nc(=O)n([C@H]2CS[C@@H](CO)O2)cc1F. The molecule has 27 heavy (non-hydrogen) atoms. The minimum Gasteiger partial charge on any atom is -0.449 e. The van der Waals surface area contributed by atoms with Crippen molar-refractivity contribution < 1.29 is 23.8 Å². The van der Waals surface area contributed by atoms with Crippen LogP contribution in [0.5, 0.6) is 0 Å². The Kier molecular flexibility index (Phi) is 9.02. The third-order valence-corrected chi connectivity index (χ3v) is 5.16. The summed E-state index contributed by atoms with van der Waals surface area (Å²) in [6.45, 7) is 2.17. The molecule has 2 N–H and O–H groups in total. The zero-order valence-corrected chi connectivity index (χ0v) is 16.2. The molecule has 0 radical (unpaired) electrons. The van der Waals surface area contributed by atoms with Gasteiger partial charge in [0.2, 0.25) is 0 Å². The second-order valence-corrected chi connectivity index (χ2v) is 7.38. The molecule has 10 heteroatoms. The monoisotopic (exact) mass is 403 g/mol. The van der Waals surface area contributed by atoms with Crippen LogP contribution in [0.2, 0.25) is 0 Å². The van der Waals surface area contributed by atoms with Gasteiger partial charge in [-0.3, -0.25) is 9.88 Å². The van der Waals surface area contributed by atoms with Crippen molar-refractivity contribution in [3.05, 3.63) is 22.5 Å². The van der Waals surface area contributed by atoms with Gasteiger partial charge >= 0.3 is 11.8 Å². The standard InChI is InChI=1S/C17H26FN3O5S/c1-2-3-4-5-6-7-8-25-17(24)20-15-12(18)9-21(16(23)19-15)13-11-27-14(10-22)26-13/h9,13-14,22H,2-8,10-11H2,1H3,(H,19,20,23,24)/t13-,14+/m1/s1. The number of aromatic nitrogens is 2. The third kappa shape index (κ3) is 6.78. The van der Waals surface area contributed by atoms with Crippen molar-refractivity contribution in [3.8, 4) is 0 Å². The minimum atomic E-state index is -0.868. The molecule has 1 amide bonds. The van der Waals surface area contributed by atoms with Gasteiger partial charge in [0.15, 0.2) is 11.6 Å². The molecule has 0 spiro atoms. The summed E-state index contributed by atoms with van der Waals surface area (Å²) in [6, 6.07) is 0. The molecule has 1 fully saturated rings. The number of hydrogen-bond acceptors (Lipinski definition) is 7. The number of hydrogen-bond donors (Lipinski definition) is 2. The predicted molar refractivity (Wildman–Crippen MR) is 100 cm³/mol. The van der Waals surface area contributed by atoms with Gasteiger partial charge in [0.25, 0.3) is 0 Å². The van der Waals surface area contributed by atoms with Crippen LogP contribution in [0.3, 0.4) is 0 Å². The molecule has 1 aliphatic rings. The minimum absolute atomic E-state index is 0.199. The van der Waals surface area contributed by atoms with Crippen LogP contribution in [0.25, 0.3) is 0 Å². The number of halogens is 1. The second-order valence-electron chi connectivity index (χ2n) is 6.19. The average Bonchev–Trinajstić information content (AvgIpc) is 3.12. The van der Waals surface area contributed by atoms with E-state index < -0.39 is 35.1 Å². The highest BCUT2D eigenvalue weighted by Gasteiger charge is 2.28. The Morgan fingerprint density at radius 1 is 1.44 bits per heavy atom. The molecule has 0 aromatic carbocycles. The number of aliphatic hydroxyl groups is 1. The molecule has 0 aliphatic carbocycles. The number of carbonyl (C=O) groups excluding carboxylic acids is 1. The van der Waals surface area contributed by atoms with Gasteiger partial charge < -0.3 is 14.6 Å². The van der Waals surface area contributed by atoms with Crippen LogP contribution < -0.4 is 11.0 Å². The van der Waals surface area contributed by atoms with Gasteiger partial charge in [-0.05, 0) is 6.42 Å². The number of anilines is 1. The molecule has 1 aliphatic heterocycles. The molecule has 1 aromatic rings.